The lowest BCUT2D eigenvalue weighted by Crippen LogP contribution is -2.48. The number of halogens is 1. The molecule has 26 heavy (non-hydrogen) atoms. The predicted molar refractivity (Wildman–Crippen MR) is 88.7 cm³/mol. The first-order valence-electron chi connectivity index (χ1n) is 9.05. The van der Waals surface area contributed by atoms with Crippen molar-refractivity contribution in [1.29, 1.82) is 0 Å². The fourth-order valence-electron chi connectivity index (χ4n) is 3.79. The van der Waals surface area contributed by atoms with Gasteiger partial charge in [0.05, 0.1) is 19.1 Å². The standard InChI is InChI=1S/C19H22FNO5/c20-16-4-2-1-3-13(16)14-11-15(14)18(23)24-12-17(22)21-7-5-19(6-8-21)25-9-10-26-19/h1-4,14-15H,5-12H2/t14-,15-/m1/s1. The van der Waals surface area contributed by atoms with E-state index in [1.807, 2.05) is 0 Å². The zero-order valence-corrected chi connectivity index (χ0v) is 14.5. The summed E-state index contributed by atoms with van der Waals surface area (Å²) < 4.78 is 30.2. The highest BCUT2D eigenvalue weighted by Gasteiger charge is 2.47. The Kier molecular flexibility index (Phi) is 4.67. The van der Waals surface area contributed by atoms with E-state index < -0.39 is 11.8 Å². The van der Waals surface area contributed by atoms with Crippen molar-refractivity contribution in [2.45, 2.75) is 31.0 Å². The van der Waals surface area contributed by atoms with E-state index in [2.05, 4.69) is 0 Å². The van der Waals surface area contributed by atoms with Gasteiger partial charge in [-0.25, -0.2) is 4.39 Å². The Hall–Kier alpha value is -1.99. The Morgan fingerprint density at radius 3 is 2.58 bits per heavy atom. The van der Waals surface area contributed by atoms with Gasteiger partial charge >= 0.3 is 5.97 Å². The van der Waals surface area contributed by atoms with Gasteiger partial charge in [0.25, 0.3) is 5.91 Å². The van der Waals surface area contributed by atoms with Crippen LogP contribution in [-0.4, -0.2) is 55.5 Å². The number of piperidine rings is 1. The Bertz CT molecular complexity index is 693. The summed E-state index contributed by atoms with van der Waals surface area (Å²) in [6.07, 6.45) is 1.82. The molecule has 0 radical (unpaired) electrons. The minimum absolute atomic E-state index is 0.148. The molecule has 6 nitrogen and oxygen atoms in total. The molecule has 0 N–H and O–H groups in total. The predicted octanol–water partition coefficient (Wildman–Crippen LogP) is 1.84. The van der Waals surface area contributed by atoms with Gasteiger partial charge in [-0.1, -0.05) is 18.2 Å². The molecule has 1 aliphatic carbocycles. The lowest BCUT2D eigenvalue weighted by atomic mass is 10.0. The average Bonchev–Trinajstić information content (AvgIpc) is 3.33. The number of hydrogen-bond donors (Lipinski definition) is 0. The average molecular weight is 363 g/mol. The molecule has 0 unspecified atom stereocenters. The van der Waals surface area contributed by atoms with Crippen LogP contribution < -0.4 is 0 Å². The zero-order valence-electron chi connectivity index (χ0n) is 14.5. The minimum Gasteiger partial charge on any atom is -0.455 e. The molecule has 1 spiro atoms. The summed E-state index contributed by atoms with van der Waals surface area (Å²) in [5.74, 6) is -1.98. The summed E-state index contributed by atoms with van der Waals surface area (Å²) in [5, 5.41) is 0. The molecular weight excluding hydrogens is 341 g/mol. The molecule has 4 rings (SSSR count). The van der Waals surface area contributed by atoms with E-state index in [1.165, 1.54) is 6.07 Å². The van der Waals surface area contributed by atoms with Crippen LogP contribution in [0.25, 0.3) is 0 Å². The highest BCUT2D eigenvalue weighted by molar-refractivity contribution is 5.83. The molecule has 2 heterocycles. The van der Waals surface area contributed by atoms with E-state index >= 15 is 0 Å². The minimum atomic E-state index is -0.533. The Balaban J connectivity index is 1.23. The molecule has 140 valence electrons. The molecule has 0 bridgehead atoms. The third kappa shape index (κ3) is 3.46. The van der Waals surface area contributed by atoms with Crippen LogP contribution in [0.5, 0.6) is 0 Å². The third-order valence-electron chi connectivity index (χ3n) is 5.43. The molecule has 7 heteroatoms. The molecule has 3 fully saturated rings. The zero-order chi connectivity index (χ0) is 18.1. The van der Waals surface area contributed by atoms with Gasteiger partial charge < -0.3 is 19.1 Å². The van der Waals surface area contributed by atoms with Crippen LogP contribution in [0.15, 0.2) is 24.3 Å². The van der Waals surface area contributed by atoms with Gasteiger partial charge in [0.15, 0.2) is 12.4 Å². The number of hydrogen-bond acceptors (Lipinski definition) is 5. The SMILES string of the molecule is O=C(OCC(=O)N1CCC2(CC1)OCCO2)[C@@H]1C[C@@H]1c1ccccc1F. The summed E-state index contributed by atoms with van der Waals surface area (Å²) in [7, 11) is 0. The van der Waals surface area contributed by atoms with Gasteiger partial charge in [0.2, 0.25) is 0 Å². The largest absolute Gasteiger partial charge is 0.455 e. The van der Waals surface area contributed by atoms with Gasteiger partial charge in [-0.3, -0.25) is 9.59 Å². The van der Waals surface area contributed by atoms with Gasteiger partial charge in [0.1, 0.15) is 5.82 Å². The number of rotatable bonds is 4. The van der Waals surface area contributed by atoms with Gasteiger partial charge in [-0.05, 0) is 18.1 Å². The van der Waals surface area contributed by atoms with Crippen LogP contribution >= 0.6 is 0 Å². The van der Waals surface area contributed by atoms with Gasteiger partial charge in [-0.2, -0.15) is 0 Å². The van der Waals surface area contributed by atoms with E-state index in [0.29, 0.717) is 51.1 Å². The fourth-order valence-corrected chi connectivity index (χ4v) is 3.79. The van der Waals surface area contributed by atoms with Crippen molar-refractivity contribution in [3.8, 4) is 0 Å². The van der Waals surface area contributed by atoms with Crippen molar-refractivity contribution < 1.29 is 28.2 Å². The van der Waals surface area contributed by atoms with Crippen molar-refractivity contribution in [1.82, 2.24) is 4.90 Å². The van der Waals surface area contributed by atoms with Crippen molar-refractivity contribution in [2.75, 3.05) is 32.9 Å². The number of carbonyl (C=O) groups is 2. The topological polar surface area (TPSA) is 65.1 Å². The summed E-state index contributed by atoms with van der Waals surface area (Å²) in [6.45, 7) is 1.97. The van der Waals surface area contributed by atoms with Crippen LogP contribution in [0, 0.1) is 11.7 Å². The molecule has 3 aliphatic rings. The molecule has 2 aliphatic heterocycles. The number of benzene rings is 1. The van der Waals surface area contributed by atoms with Crippen LogP contribution in [0.3, 0.4) is 0 Å². The molecule has 0 aromatic heterocycles. The van der Waals surface area contributed by atoms with Crippen LogP contribution in [0.2, 0.25) is 0 Å². The molecule has 1 amide bonds. The Morgan fingerprint density at radius 1 is 1.19 bits per heavy atom. The van der Waals surface area contributed by atoms with E-state index in [9.17, 15) is 14.0 Å². The number of esters is 1. The first kappa shape index (κ1) is 17.4. The quantitative estimate of drug-likeness (QED) is 0.764. The number of ether oxygens (including phenoxy) is 3. The highest BCUT2D eigenvalue weighted by Crippen LogP contribution is 2.48. The van der Waals surface area contributed by atoms with E-state index in [1.54, 1.807) is 23.1 Å². The fraction of sp³-hybridized carbons (Fsp3) is 0.579. The first-order valence-corrected chi connectivity index (χ1v) is 9.05. The molecule has 1 aromatic carbocycles. The van der Waals surface area contributed by atoms with E-state index in [-0.39, 0.29) is 30.2 Å². The molecular formula is C19H22FNO5. The van der Waals surface area contributed by atoms with Crippen molar-refractivity contribution >= 4 is 11.9 Å². The number of nitrogens with zero attached hydrogens (tertiary/aromatic N) is 1. The summed E-state index contributed by atoms with van der Waals surface area (Å²) in [4.78, 5) is 26.1. The van der Waals surface area contributed by atoms with Gasteiger partial charge in [0, 0.05) is 31.8 Å². The summed E-state index contributed by atoms with van der Waals surface area (Å²) in [5.41, 5.74) is 0.540. The van der Waals surface area contributed by atoms with Gasteiger partial charge in [-0.15, -0.1) is 0 Å². The summed E-state index contributed by atoms with van der Waals surface area (Å²) in [6, 6.07) is 6.46. The first-order chi connectivity index (χ1) is 12.6. The molecule has 1 aromatic rings. The van der Waals surface area contributed by atoms with Crippen molar-refractivity contribution in [2.24, 2.45) is 5.92 Å². The maximum absolute atomic E-state index is 13.8. The monoisotopic (exact) mass is 363 g/mol. The lowest BCUT2D eigenvalue weighted by Gasteiger charge is -2.37. The molecule has 1 saturated carbocycles. The maximum Gasteiger partial charge on any atom is 0.310 e. The van der Waals surface area contributed by atoms with Crippen LogP contribution in [0.4, 0.5) is 4.39 Å². The molecule has 2 atom stereocenters. The van der Waals surface area contributed by atoms with Crippen molar-refractivity contribution in [3.63, 3.8) is 0 Å². The second-order valence-electron chi connectivity index (χ2n) is 7.07. The van der Waals surface area contributed by atoms with Crippen molar-refractivity contribution in [3.05, 3.63) is 35.6 Å². The number of amides is 1. The Labute approximate surface area is 151 Å². The lowest BCUT2D eigenvalue weighted by molar-refractivity contribution is -0.188. The third-order valence-corrected chi connectivity index (χ3v) is 5.43. The normalized spacial score (nSPS) is 26.7. The smallest absolute Gasteiger partial charge is 0.310 e. The molecule has 2 saturated heterocycles. The van der Waals surface area contributed by atoms with E-state index in [4.69, 9.17) is 14.2 Å². The maximum atomic E-state index is 13.8. The summed E-state index contributed by atoms with van der Waals surface area (Å²) >= 11 is 0. The van der Waals surface area contributed by atoms with Crippen LogP contribution in [0.1, 0.15) is 30.7 Å². The number of carbonyl (C=O) groups excluding carboxylic acids is 2. The second kappa shape index (κ2) is 6.96. The Morgan fingerprint density at radius 2 is 1.88 bits per heavy atom. The van der Waals surface area contributed by atoms with Crippen LogP contribution in [-0.2, 0) is 23.8 Å². The second-order valence-corrected chi connectivity index (χ2v) is 7.07. The number of likely N-dealkylation sites (tertiary alicyclic amines) is 1. The highest BCUT2D eigenvalue weighted by atomic mass is 19.1. The van der Waals surface area contributed by atoms with E-state index in [0.717, 1.165) is 0 Å².